The number of amides is 1. The van der Waals surface area contributed by atoms with Gasteiger partial charge in [-0.1, -0.05) is 0 Å². The number of hydrogen-bond donors (Lipinski definition) is 2. The minimum atomic E-state index is -0.826. The molecule has 0 aliphatic heterocycles. The van der Waals surface area contributed by atoms with Gasteiger partial charge in [0.25, 0.3) is 0 Å². The van der Waals surface area contributed by atoms with Crippen molar-refractivity contribution >= 4 is 18.3 Å². The fourth-order valence-electron chi connectivity index (χ4n) is 0.911. The molecule has 1 rings (SSSR count). The van der Waals surface area contributed by atoms with Crippen LogP contribution in [0.5, 0.6) is 0 Å². The molecule has 1 heterocycles. The van der Waals surface area contributed by atoms with Gasteiger partial charge in [0.1, 0.15) is 0 Å². The molecule has 84 valence electrons. The van der Waals surface area contributed by atoms with E-state index in [9.17, 15) is 4.79 Å². The van der Waals surface area contributed by atoms with Crippen LogP contribution in [0.3, 0.4) is 0 Å². The third kappa shape index (κ3) is 4.76. The lowest BCUT2D eigenvalue weighted by Crippen LogP contribution is -2.48. The molecule has 0 aliphatic carbocycles. The molecule has 4 nitrogen and oxygen atoms in total. The maximum Gasteiger partial charge on any atom is 0.239 e. The molecule has 1 amide bonds. The van der Waals surface area contributed by atoms with E-state index in [1.54, 1.807) is 26.2 Å². The molecule has 1 aromatic rings. The summed E-state index contributed by atoms with van der Waals surface area (Å²) in [5.74, 6) is -0.158. The van der Waals surface area contributed by atoms with Gasteiger partial charge in [0.05, 0.1) is 5.54 Å². The van der Waals surface area contributed by atoms with Crippen molar-refractivity contribution in [3.63, 3.8) is 0 Å². The molecule has 0 unspecified atom stereocenters. The minimum absolute atomic E-state index is 0. The number of carbonyl (C=O) groups is 1. The van der Waals surface area contributed by atoms with Crippen molar-refractivity contribution in [2.24, 2.45) is 5.73 Å². The van der Waals surface area contributed by atoms with E-state index in [1.165, 1.54) is 0 Å². The van der Waals surface area contributed by atoms with Gasteiger partial charge >= 0.3 is 0 Å². The summed E-state index contributed by atoms with van der Waals surface area (Å²) >= 11 is 0. The SMILES string of the molecule is CC(C)(N)C(=O)NCc1ccncc1.Cl. The Hall–Kier alpha value is -1.13. The Bertz CT molecular complexity index is 308. The number of pyridine rings is 1. The van der Waals surface area contributed by atoms with E-state index in [2.05, 4.69) is 10.3 Å². The fourth-order valence-corrected chi connectivity index (χ4v) is 0.911. The standard InChI is InChI=1S/C10H15N3O.ClH/c1-10(2,11)9(14)13-7-8-3-5-12-6-4-8;/h3-6H,7,11H2,1-2H3,(H,13,14);1H. The Morgan fingerprint density at radius 1 is 1.47 bits per heavy atom. The molecule has 0 aromatic carbocycles. The van der Waals surface area contributed by atoms with Gasteiger partial charge in [0.15, 0.2) is 0 Å². The van der Waals surface area contributed by atoms with Crippen LogP contribution in [-0.2, 0) is 11.3 Å². The topological polar surface area (TPSA) is 68.0 Å². The predicted octanol–water partition coefficient (Wildman–Crippen LogP) is 0.857. The molecular weight excluding hydrogens is 214 g/mol. The number of hydrogen-bond acceptors (Lipinski definition) is 3. The molecule has 0 saturated heterocycles. The molecule has 1 aromatic heterocycles. The molecule has 3 N–H and O–H groups in total. The Morgan fingerprint density at radius 2 is 2.00 bits per heavy atom. The van der Waals surface area contributed by atoms with Gasteiger partial charge in [0.2, 0.25) is 5.91 Å². The van der Waals surface area contributed by atoms with Crippen molar-refractivity contribution < 1.29 is 4.79 Å². The van der Waals surface area contributed by atoms with Gasteiger partial charge in [-0.05, 0) is 31.5 Å². The van der Waals surface area contributed by atoms with E-state index < -0.39 is 5.54 Å². The van der Waals surface area contributed by atoms with Crippen LogP contribution < -0.4 is 11.1 Å². The molecule has 0 atom stereocenters. The van der Waals surface area contributed by atoms with Gasteiger partial charge in [-0.25, -0.2) is 0 Å². The van der Waals surface area contributed by atoms with E-state index in [0.717, 1.165) is 5.56 Å². The van der Waals surface area contributed by atoms with Crippen LogP contribution in [-0.4, -0.2) is 16.4 Å². The molecule has 0 radical (unpaired) electrons. The lowest BCUT2D eigenvalue weighted by atomic mass is 10.1. The number of carbonyl (C=O) groups excluding carboxylic acids is 1. The number of nitrogens with two attached hydrogens (primary N) is 1. The van der Waals surface area contributed by atoms with Crippen molar-refractivity contribution in [1.29, 1.82) is 0 Å². The third-order valence-electron chi connectivity index (χ3n) is 1.79. The van der Waals surface area contributed by atoms with Gasteiger partial charge in [-0.2, -0.15) is 0 Å². The maximum atomic E-state index is 11.4. The highest BCUT2D eigenvalue weighted by Gasteiger charge is 2.20. The van der Waals surface area contributed by atoms with Gasteiger partial charge < -0.3 is 11.1 Å². The first-order valence-corrected chi connectivity index (χ1v) is 4.46. The largest absolute Gasteiger partial charge is 0.350 e. The average molecular weight is 230 g/mol. The lowest BCUT2D eigenvalue weighted by molar-refractivity contribution is -0.125. The molecule has 0 aliphatic rings. The molecular formula is C10H16ClN3O. The molecule has 0 fully saturated rings. The van der Waals surface area contributed by atoms with E-state index in [1.807, 2.05) is 12.1 Å². The molecule has 15 heavy (non-hydrogen) atoms. The Balaban J connectivity index is 0.00000196. The smallest absolute Gasteiger partial charge is 0.239 e. The van der Waals surface area contributed by atoms with Crippen LogP contribution in [0.25, 0.3) is 0 Å². The van der Waals surface area contributed by atoms with Crippen LogP contribution in [0, 0.1) is 0 Å². The monoisotopic (exact) mass is 229 g/mol. The van der Waals surface area contributed by atoms with Crippen molar-refractivity contribution in [2.45, 2.75) is 25.9 Å². The van der Waals surface area contributed by atoms with Gasteiger partial charge in [0, 0.05) is 18.9 Å². The number of aromatic nitrogens is 1. The highest BCUT2D eigenvalue weighted by molar-refractivity contribution is 5.85. The highest BCUT2D eigenvalue weighted by Crippen LogP contribution is 1.99. The van der Waals surface area contributed by atoms with Crippen molar-refractivity contribution in [3.05, 3.63) is 30.1 Å². The Labute approximate surface area is 95.7 Å². The first-order valence-electron chi connectivity index (χ1n) is 4.46. The van der Waals surface area contributed by atoms with E-state index in [-0.39, 0.29) is 18.3 Å². The lowest BCUT2D eigenvalue weighted by Gasteiger charge is -2.17. The number of rotatable bonds is 3. The Kier molecular flexibility index (Phi) is 5.25. The van der Waals surface area contributed by atoms with Crippen LogP contribution >= 0.6 is 12.4 Å². The summed E-state index contributed by atoms with van der Waals surface area (Å²) in [7, 11) is 0. The fraction of sp³-hybridized carbons (Fsp3) is 0.400. The van der Waals surface area contributed by atoms with Crippen LogP contribution in [0.1, 0.15) is 19.4 Å². The zero-order valence-electron chi connectivity index (χ0n) is 8.86. The first-order chi connectivity index (χ1) is 6.50. The highest BCUT2D eigenvalue weighted by atomic mass is 35.5. The third-order valence-corrected chi connectivity index (χ3v) is 1.79. The van der Waals surface area contributed by atoms with Crippen LogP contribution in [0.2, 0.25) is 0 Å². The predicted molar refractivity (Wildman–Crippen MR) is 61.6 cm³/mol. The molecule has 0 spiro atoms. The molecule has 0 bridgehead atoms. The molecule has 0 saturated carbocycles. The summed E-state index contributed by atoms with van der Waals surface area (Å²) < 4.78 is 0. The van der Waals surface area contributed by atoms with Gasteiger partial charge in [-0.15, -0.1) is 12.4 Å². The van der Waals surface area contributed by atoms with Gasteiger partial charge in [-0.3, -0.25) is 9.78 Å². The van der Waals surface area contributed by atoms with Crippen molar-refractivity contribution in [3.8, 4) is 0 Å². The molecule has 5 heteroatoms. The second-order valence-corrected chi connectivity index (χ2v) is 3.76. The number of halogens is 1. The van der Waals surface area contributed by atoms with Crippen molar-refractivity contribution in [2.75, 3.05) is 0 Å². The van der Waals surface area contributed by atoms with E-state index in [4.69, 9.17) is 5.73 Å². The second-order valence-electron chi connectivity index (χ2n) is 3.76. The first kappa shape index (κ1) is 13.9. The summed E-state index contributed by atoms with van der Waals surface area (Å²) in [4.78, 5) is 15.3. The summed E-state index contributed by atoms with van der Waals surface area (Å²) in [6, 6.07) is 3.70. The summed E-state index contributed by atoms with van der Waals surface area (Å²) in [6.07, 6.45) is 3.38. The minimum Gasteiger partial charge on any atom is -0.350 e. The summed E-state index contributed by atoms with van der Waals surface area (Å²) in [5.41, 5.74) is 5.80. The quantitative estimate of drug-likeness (QED) is 0.808. The zero-order valence-corrected chi connectivity index (χ0v) is 9.67. The van der Waals surface area contributed by atoms with E-state index in [0.29, 0.717) is 6.54 Å². The maximum absolute atomic E-state index is 11.4. The normalized spacial score (nSPS) is 10.3. The summed E-state index contributed by atoms with van der Waals surface area (Å²) in [6.45, 7) is 3.84. The second kappa shape index (κ2) is 5.68. The summed E-state index contributed by atoms with van der Waals surface area (Å²) in [5, 5.41) is 2.75. The number of nitrogens with zero attached hydrogens (tertiary/aromatic N) is 1. The zero-order chi connectivity index (χ0) is 10.6. The van der Waals surface area contributed by atoms with Crippen LogP contribution in [0.4, 0.5) is 0 Å². The Morgan fingerprint density at radius 3 is 2.47 bits per heavy atom. The van der Waals surface area contributed by atoms with Crippen molar-refractivity contribution in [1.82, 2.24) is 10.3 Å². The average Bonchev–Trinajstić information content (AvgIpc) is 2.14. The van der Waals surface area contributed by atoms with E-state index >= 15 is 0 Å². The van der Waals surface area contributed by atoms with Crippen LogP contribution in [0.15, 0.2) is 24.5 Å². The number of nitrogens with one attached hydrogen (secondary N) is 1.